The van der Waals surface area contributed by atoms with Gasteiger partial charge in [-0.1, -0.05) is 25.1 Å². The average Bonchev–Trinajstić information content (AvgIpc) is 3.22. The molecule has 0 N–H and O–H groups in total. The van der Waals surface area contributed by atoms with Crippen LogP contribution in [0.2, 0.25) is 0 Å². The van der Waals surface area contributed by atoms with Gasteiger partial charge in [-0.15, -0.1) is 0 Å². The average molecular weight is 349 g/mol. The van der Waals surface area contributed by atoms with E-state index >= 15 is 0 Å². The third-order valence-corrected chi connectivity index (χ3v) is 4.12. The zero-order chi connectivity index (χ0) is 18.3. The lowest BCUT2D eigenvalue weighted by molar-refractivity contribution is 0.430. The number of rotatable bonds is 4. The van der Waals surface area contributed by atoms with Crippen LogP contribution in [-0.4, -0.2) is 24.1 Å². The van der Waals surface area contributed by atoms with Crippen LogP contribution in [0.15, 0.2) is 52.2 Å². The molecule has 0 bridgehead atoms. The van der Waals surface area contributed by atoms with Crippen LogP contribution in [0.4, 0.5) is 0 Å². The molecule has 7 nitrogen and oxygen atoms in total. The van der Waals surface area contributed by atoms with Crippen LogP contribution >= 0.6 is 0 Å². The van der Waals surface area contributed by atoms with Gasteiger partial charge in [-0.2, -0.15) is 4.98 Å². The van der Waals surface area contributed by atoms with Gasteiger partial charge in [0.15, 0.2) is 0 Å². The predicted molar refractivity (Wildman–Crippen MR) is 97.8 cm³/mol. The van der Waals surface area contributed by atoms with Crippen molar-refractivity contribution in [3.63, 3.8) is 0 Å². The molecular weight excluding hydrogens is 330 g/mol. The topological polar surface area (TPSA) is 78.2 Å². The molecule has 0 aromatic carbocycles. The Balaban J connectivity index is 1.77. The highest BCUT2D eigenvalue weighted by molar-refractivity contribution is 5.60. The molecule has 132 valence electrons. The van der Waals surface area contributed by atoms with Gasteiger partial charge in [0.2, 0.25) is 5.82 Å². The lowest BCUT2D eigenvalue weighted by Gasteiger charge is -2.08. The van der Waals surface area contributed by atoms with Gasteiger partial charge in [0, 0.05) is 18.9 Å². The van der Waals surface area contributed by atoms with Crippen LogP contribution in [0, 0.1) is 12.8 Å². The molecule has 0 aliphatic heterocycles. The fourth-order valence-electron chi connectivity index (χ4n) is 2.93. The molecule has 4 aromatic rings. The number of hydrogen-bond donors (Lipinski definition) is 0. The zero-order valence-corrected chi connectivity index (χ0v) is 14.9. The molecule has 0 amide bonds. The summed E-state index contributed by atoms with van der Waals surface area (Å²) in [5.74, 6) is 0.977. The van der Waals surface area contributed by atoms with Gasteiger partial charge in [-0.05, 0) is 36.6 Å². The van der Waals surface area contributed by atoms with Gasteiger partial charge in [0.25, 0.3) is 11.4 Å². The second kappa shape index (κ2) is 6.25. The lowest BCUT2D eigenvalue weighted by atomic mass is 10.2. The Labute approximate surface area is 149 Å². The third kappa shape index (κ3) is 2.81. The van der Waals surface area contributed by atoms with E-state index in [4.69, 9.17) is 4.52 Å². The minimum atomic E-state index is -0.134. The smallest absolute Gasteiger partial charge is 0.263 e. The number of imidazole rings is 1. The van der Waals surface area contributed by atoms with Crippen molar-refractivity contribution in [2.45, 2.75) is 27.3 Å². The van der Waals surface area contributed by atoms with Crippen LogP contribution in [-0.2, 0) is 6.54 Å². The molecule has 0 unspecified atom stereocenters. The lowest BCUT2D eigenvalue weighted by Crippen LogP contribution is -2.23. The molecule has 0 spiro atoms. The molecule has 0 atom stereocenters. The highest BCUT2D eigenvalue weighted by Crippen LogP contribution is 2.21. The second-order valence-corrected chi connectivity index (χ2v) is 6.77. The van der Waals surface area contributed by atoms with Crippen molar-refractivity contribution in [1.82, 2.24) is 24.1 Å². The van der Waals surface area contributed by atoms with E-state index in [1.807, 2.05) is 35.7 Å². The van der Waals surface area contributed by atoms with Gasteiger partial charge in [0.1, 0.15) is 16.9 Å². The van der Waals surface area contributed by atoms with E-state index in [0.717, 1.165) is 16.9 Å². The molecule has 4 aromatic heterocycles. The SMILES string of the molecule is Cc1ccc2ncc(-c3noc(-c4cccn(CC(C)C)c4=O)n3)n2c1. The van der Waals surface area contributed by atoms with E-state index in [1.165, 1.54) is 0 Å². The summed E-state index contributed by atoms with van der Waals surface area (Å²) in [7, 11) is 0. The zero-order valence-electron chi connectivity index (χ0n) is 14.9. The Morgan fingerprint density at radius 3 is 2.88 bits per heavy atom. The Morgan fingerprint density at radius 2 is 2.08 bits per heavy atom. The van der Waals surface area contributed by atoms with Gasteiger partial charge >= 0.3 is 0 Å². The predicted octanol–water partition coefficient (Wildman–Crippen LogP) is 3.18. The van der Waals surface area contributed by atoms with Crippen LogP contribution in [0.5, 0.6) is 0 Å². The first-order chi connectivity index (χ1) is 12.5. The van der Waals surface area contributed by atoms with Crippen molar-refractivity contribution in [3.05, 3.63) is 58.8 Å². The molecule has 26 heavy (non-hydrogen) atoms. The van der Waals surface area contributed by atoms with Crippen molar-refractivity contribution < 1.29 is 4.52 Å². The molecule has 4 rings (SSSR count). The third-order valence-electron chi connectivity index (χ3n) is 4.12. The Morgan fingerprint density at radius 1 is 1.23 bits per heavy atom. The monoisotopic (exact) mass is 349 g/mol. The number of nitrogens with zero attached hydrogens (tertiary/aromatic N) is 5. The second-order valence-electron chi connectivity index (χ2n) is 6.77. The summed E-state index contributed by atoms with van der Waals surface area (Å²) >= 11 is 0. The van der Waals surface area contributed by atoms with Crippen molar-refractivity contribution in [2.75, 3.05) is 0 Å². The molecule has 4 heterocycles. The van der Waals surface area contributed by atoms with Gasteiger partial charge in [-0.25, -0.2) is 4.98 Å². The Bertz CT molecular complexity index is 1140. The summed E-state index contributed by atoms with van der Waals surface area (Å²) in [6.07, 6.45) is 5.44. The summed E-state index contributed by atoms with van der Waals surface area (Å²) in [6.45, 7) is 6.78. The Hall–Kier alpha value is -3.22. The maximum absolute atomic E-state index is 12.7. The molecule has 0 fully saturated rings. The normalized spacial score (nSPS) is 11.5. The van der Waals surface area contributed by atoms with E-state index in [1.54, 1.807) is 23.0 Å². The quantitative estimate of drug-likeness (QED) is 0.565. The number of aromatic nitrogens is 5. The van der Waals surface area contributed by atoms with Crippen molar-refractivity contribution in [1.29, 1.82) is 0 Å². The summed E-state index contributed by atoms with van der Waals surface area (Å²) < 4.78 is 8.96. The maximum atomic E-state index is 12.7. The van der Waals surface area contributed by atoms with E-state index < -0.39 is 0 Å². The van der Waals surface area contributed by atoms with E-state index in [2.05, 4.69) is 29.0 Å². The molecule has 0 aliphatic carbocycles. The van der Waals surface area contributed by atoms with Crippen molar-refractivity contribution >= 4 is 5.65 Å². The molecule has 0 aliphatic rings. The molecule has 0 saturated carbocycles. The molecule has 0 radical (unpaired) electrons. The molecule has 0 saturated heterocycles. The first kappa shape index (κ1) is 16.3. The minimum Gasteiger partial charge on any atom is -0.333 e. The number of pyridine rings is 2. The van der Waals surface area contributed by atoms with Crippen LogP contribution in [0.1, 0.15) is 19.4 Å². The van der Waals surface area contributed by atoms with Crippen LogP contribution < -0.4 is 5.56 Å². The van der Waals surface area contributed by atoms with E-state index in [0.29, 0.717) is 23.9 Å². The maximum Gasteiger partial charge on any atom is 0.263 e. The first-order valence-electron chi connectivity index (χ1n) is 8.50. The standard InChI is InChI=1S/C19H19N5O2/c1-12(2)10-23-8-4-5-14(19(23)25)18-21-17(22-26-18)15-9-20-16-7-6-13(3)11-24(15)16/h4-9,11-12H,10H2,1-3H3. The van der Waals surface area contributed by atoms with Crippen LogP contribution in [0.25, 0.3) is 28.6 Å². The van der Waals surface area contributed by atoms with Gasteiger partial charge < -0.3 is 9.09 Å². The molecular formula is C19H19N5O2. The summed E-state index contributed by atoms with van der Waals surface area (Å²) in [6, 6.07) is 7.45. The first-order valence-corrected chi connectivity index (χ1v) is 8.50. The fraction of sp³-hybridized carbons (Fsp3) is 0.263. The number of hydrogen-bond acceptors (Lipinski definition) is 5. The minimum absolute atomic E-state index is 0.134. The summed E-state index contributed by atoms with van der Waals surface area (Å²) in [5, 5.41) is 4.05. The van der Waals surface area contributed by atoms with E-state index in [-0.39, 0.29) is 11.4 Å². The highest BCUT2D eigenvalue weighted by Gasteiger charge is 2.17. The summed E-state index contributed by atoms with van der Waals surface area (Å²) in [4.78, 5) is 21.5. The Kier molecular flexibility index (Phi) is 3.91. The van der Waals surface area contributed by atoms with Gasteiger partial charge in [-0.3, -0.25) is 9.20 Å². The van der Waals surface area contributed by atoms with Crippen molar-refractivity contribution in [2.24, 2.45) is 5.92 Å². The molecule has 7 heteroatoms. The van der Waals surface area contributed by atoms with E-state index in [9.17, 15) is 4.79 Å². The van der Waals surface area contributed by atoms with Crippen molar-refractivity contribution in [3.8, 4) is 23.0 Å². The summed E-state index contributed by atoms with van der Waals surface area (Å²) in [5.41, 5.74) is 2.88. The number of aryl methyl sites for hydroxylation is 1. The number of fused-ring (bicyclic) bond motifs is 1. The van der Waals surface area contributed by atoms with Crippen LogP contribution in [0.3, 0.4) is 0 Å². The highest BCUT2D eigenvalue weighted by atomic mass is 16.5. The fourth-order valence-corrected chi connectivity index (χ4v) is 2.93. The largest absolute Gasteiger partial charge is 0.333 e. The van der Waals surface area contributed by atoms with Gasteiger partial charge in [0.05, 0.1) is 6.20 Å².